The number of nitrogen functional groups attached to an aromatic ring is 1. The summed E-state index contributed by atoms with van der Waals surface area (Å²) in [6, 6.07) is 1.37. The Balaban J connectivity index is 2.39. The minimum absolute atomic E-state index is 0.0554. The van der Waals surface area contributed by atoms with Gasteiger partial charge in [-0.3, -0.25) is 0 Å². The zero-order valence-electron chi connectivity index (χ0n) is 8.80. The van der Waals surface area contributed by atoms with Gasteiger partial charge in [0.2, 0.25) is 0 Å². The van der Waals surface area contributed by atoms with Crippen LogP contribution in [0.4, 0.5) is 5.82 Å². The third-order valence-corrected chi connectivity index (χ3v) is 2.69. The van der Waals surface area contributed by atoms with Gasteiger partial charge in [0, 0.05) is 6.20 Å². The molecule has 94 valence electrons. The molecule has 1 fully saturated rings. The Labute approximate surface area is 95.9 Å². The van der Waals surface area contributed by atoms with Gasteiger partial charge in [0.15, 0.2) is 6.23 Å². The Morgan fingerprint density at radius 1 is 1.47 bits per heavy atom. The SMILES string of the molecule is Nc1ccnc(=O)n1C1O[C@H](CO)[C@@H](O)[C@@H]1O. The molecule has 17 heavy (non-hydrogen) atoms. The first kappa shape index (κ1) is 12.0. The van der Waals surface area contributed by atoms with Crippen molar-refractivity contribution in [3.63, 3.8) is 0 Å². The molecule has 4 atom stereocenters. The van der Waals surface area contributed by atoms with E-state index < -0.39 is 36.8 Å². The topological polar surface area (TPSA) is 131 Å². The summed E-state index contributed by atoms with van der Waals surface area (Å²) in [4.78, 5) is 15.0. The summed E-state index contributed by atoms with van der Waals surface area (Å²) >= 11 is 0. The average molecular weight is 243 g/mol. The van der Waals surface area contributed by atoms with E-state index in [0.717, 1.165) is 4.57 Å². The van der Waals surface area contributed by atoms with Gasteiger partial charge in [-0.2, -0.15) is 0 Å². The summed E-state index contributed by atoms with van der Waals surface area (Å²) in [6.07, 6.45) is -3.51. The van der Waals surface area contributed by atoms with E-state index in [1.807, 2.05) is 0 Å². The molecule has 5 N–H and O–H groups in total. The van der Waals surface area contributed by atoms with Crippen molar-refractivity contribution < 1.29 is 20.1 Å². The summed E-state index contributed by atoms with van der Waals surface area (Å²) in [7, 11) is 0. The van der Waals surface area contributed by atoms with Crippen molar-refractivity contribution in [1.82, 2.24) is 9.55 Å². The van der Waals surface area contributed by atoms with Crippen molar-refractivity contribution >= 4 is 5.82 Å². The first-order chi connectivity index (χ1) is 8.06. The molecule has 1 aromatic heterocycles. The van der Waals surface area contributed by atoms with Crippen LogP contribution in [0.5, 0.6) is 0 Å². The average Bonchev–Trinajstić information content (AvgIpc) is 2.57. The second-order valence-corrected chi connectivity index (χ2v) is 3.75. The van der Waals surface area contributed by atoms with Gasteiger partial charge in [-0.15, -0.1) is 0 Å². The van der Waals surface area contributed by atoms with Crippen LogP contribution in [0.2, 0.25) is 0 Å². The molecule has 8 heteroatoms. The summed E-state index contributed by atoms with van der Waals surface area (Å²) < 4.78 is 6.11. The number of anilines is 1. The maximum Gasteiger partial charge on any atom is 0.351 e. The van der Waals surface area contributed by atoms with Gasteiger partial charge in [-0.25, -0.2) is 14.3 Å². The normalized spacial score (nSPS) is 32.9. The molecule has 0 bridgehead atoms. The lowest BCUT2D eigenvalue weighted by Crippen LogP contribution is -2.36. The van der Waals surface area contributed by atoms with E-state index in [1.165, 1.54) is 12.3 Å². The first-order valence-corrected chi connectivity index (χ1v) is 5.01. The number of aliphatic hydroxyl groups excluding tert-OH is 3. The van der Waals surface area contributed by atoms with E-state index in [1.54, 1.807) is 0 Å². The third kappa shape index (κ3) is 1.91. The van der Waals surface area contributed by atoms with E-state index in [-0.39, 0.29) is 5.82 Å². The molecule has 0 aromatic carbocycles. The van der Waals surface area contributed by atoms with Gasteiger partial charge in [-0.1, -0.05) is 0 Å². The highest BCUT2D eigenvalue weighted by Gasteiger charge is 2.44. The zero-order valence-corrected chi connectivity index (χ0v) is 8.80. The maximum absolute atomic E-state index is 11.5. The van der Waals surface area contributed by atoms with Crippen LogP contribution in [0.15, 0.2) is 17.1 Å². The molecule has 0 aliphatic carbocycles. The summed E-state index contributed by atoms with van der Waals surface area (Å²) in [5.41, 5.74) is 4.89. The predicted molar refractivity (Wildman–Crippen MR) is 55.9 cm³/mol. The van der Waals surface area contributed by atoms with E-state index >= 15 is 0 Å². The number of aromatic nitrogens is 2. The van der Waals surface area contributed by atoms with E-state index in [2.05, 4.69) is 4.98 Å². The molecule has 8 nitrogen and oxygen atoms in total. The number of aliphatic hydroxyl groups is 3. The number of hydrogen-bond donors (Lipinski definition) is 4. The quantitative estimate of drug-likeness (QED) is 0.449. The molecule has 1 aliphatic rings. The Bertz CT molecular complexity index is 462. The second kappa shape index (κ2) is 4.41. The van der Waals surface area contributed by atoms with Crippen LogP contribution in [0.25, 0.3) is 0 Å². The fourth-order valence-corrected chi connectivity index (χ4v) is 1.78. The van der Waals surface area contributed by atoms with E-state index in [9.17, 15) is 15.0 Å². The van der Waals surface area contributed by atoms with E-state index in [0.29, 0.717) is 0 Å². The Morgan fingerprint density at radius 2 is 2.18 bits per heavy atom. The van der Waals surface area contributed by atoms with Crippen LogP contribution >= 0.6 is 0 Å². The van der Waals surface area contributed by atoms with Crippen molar-refractivity contribution in [2.24, 2.45) is 0 Å². The van der Waals surface area contributed by atoms with Crippen molar-refractivity contribution in [1.29, 1.82) is 0 Å². The van der Waals surface area contributed by atoms with Gasteiger partial charge >= 0.3 is 5.69 Å². The molecule has 1 aliphatic heterocycles. The standard InChI is InChI=1S/C9H13N3O5/c10-5-1-2-11-9(16)12(5)8-7(15)6(14)4(3-13)17-8/h1-2,4,6-8,13-15H,3,10H2/t4-,6-,7+,8?/m1/s1. The van der Waals surface area contributed by atoms with Crippen molar-refractivity contribution in [2.75, 3.05) is 12.3 Å². The lowest BCUT2D eigenvalue weighted by atomic mass is 10.1. The van der Waals surface area contributed by atoms with Crippen LogP contribution in [-0.2, 0) is 4.74 Å². The lowest BCUT2D eigenvalue weighted by molar-refractivity contribution is -0.0538. The molecular weight excluding hydrogens is 230 g/mol. The van der Waals surface area contributed by atoms with Gasteiger partial charge in [0.05, 0.1) is 6.61 Å². The highest BCUT2D eigenvalue weighted by Crippen LogP contribution is 2.29. The summed E-state index contributed by atoms with van der Waals surface area (Å²) in [6.45, 7) is -0.469. The molecule has 1 saturated heterocycles. The van der Waals surface area contributed by atoms with Gasteiger partial charge in [0.1, 0.15) is 24.1 Å². The molecule has 1 unspecified atom stereocenters. The minimum Gasteiger partial charge on any atom is -0.394 e. The molecular formula is C9H13N3O5. The van der Waals surface area contributed by atoms with Gasteiger partial charge in [-0.05, 0) is 6.07 Å². The molecule has 0 spiro atoms. The molecule has 0 amide bonds. The molecule has 0 saturated carbocycles. The molecule has 1 aromatic rings. The van der Waals surface area contributed by atoms with E-state index in [4.69, 9.17) is 15.6 Å². The van der Waals surface area contributed by atoms with Crippen LogP contribution in [0, 0.1) is 0 Å². The second-order valence-electron chi connectivity index (χ2n) is 3.75. The van der Waals surface area contributed by atoms with Gasteiger partial charge < -0.3 is 25.8 Å². The van der Waals surface area contributed by atoms with Gasteiger partial charge in [0.25, 0.3) is 0 Å². The molecule has 2 rings (SSSR count). The minimum atomic E-state index is -1.35. The Kier molecular flexibility index (Phi) is 3.11. The molecule has 0 radical (unpaired) electrons. The first-order valence-electron chi connectivity index (χ1n) is 5.01. The number of rotatable bonds is 2. The Morgan fingerprint density at radius 3 is 2.71 bits per heavy atom. The fourth-order valence-electron chi connectivity index (χ4n) is 1.78. The summed E-state index contributed by atoms with van der Waals surface area (Å²) in [5.74, 6) is 0.0554. The van der Waals surface area contributed by atoms with Crippen molar-refractivity contribution in [2.45, 2.75) is 24.5 Å². The Hall–Kier alpha value is -1.48. The van der Waals surface area contributed by atoms with Crippen LogP contribution in [0.1, 0.15) is 6.23 Å². The number of nitrogens with zero attached hydrogens (tertiary/aromatic N) is 2. The third-order valence-electron chi connectivity index (χ3n) is 2.69. The smallest absolute Gasteiger partial charge is 0.351 e. The predicted octanol–water partition coefficient (Wildman–Crippen LogP) is -2.56. The number of hydrogen-bond acceptors (Lipinski definition) is 7. The van der Waals surface area contributed by atoms with Crippen LogP contribution in [0.3, 0.4) is 0 Å². The number of ether oxygens (including phenoxy) is 1. The zero-order chi connectivity index (χ0) is 12.6. The monoisotopic (exact) mass is 243 g/mol. The maximum atomic E-state index is 11.5. The number of nitrogens with two attached hydrogens (primary N) is 1. The van der Waals surface area contributed by atoms with Crippen molar-refractivity contribution in [3.05, 3.63) is 22.7 Å². The lowest BCUT2D eigenvalue weighted by Gasteiger charge is -2.18. The molecule has 2 heterocycles. The largest absolute Gasteiger partial charge is 0.394 e. The van der Waals surface area contributed by atoms with Crippen LogP contribution < -0.4 is 11.4 Å². The summed E-state index contributed by atoms with van der Waals surface area (Å²) in [5, 5.41) is 28.2. The highest BCUT2D eigenvalue weighted by molar-refractivity contribution is 5.27. The fraction of sp³-hybridized carbons (Fsp3) is 0.556. The highest BCUT2D eigenvalue weighted by atomic mass is 16.6. The van der Waals surface area contributed by atoms with Crippen LogP contribution in [-0.4, -0.2) is 49.8 Å². The van der Waals surface area contributed by atoms with Crippen molar-refractivity contribution in [3.8, 4) is 0 Å².